The Morgan fingerprint density at radius 2 is 1.87 bits per heavy atom. The van der Waals surface area contributed by atoms with Crippen LogP contribution in [-0.2, 0) is 11.3 Å². The average molecular weight is 651 g/mol. The number of thioether (sulfide) groups is 1. The van der Waals surface area contributed by atoms with Gasteiger partial charge in [-0.1, -0.05) is 45.5 Å². The number of non-ortho nitro benzene ring substituents is 1. The van der Waals surface area contributed by atoms with Gasteiger partial charge in [0.05, 0.1) is 16.7 Å². The molecule has 0 unspecified atom stereocenters. The van der Waals surface area contributed by atoms with Crippen molar-refractivity contribution < 1.29 is 14.5 Å². The van der Waals surface area contributed by atoms with Gasteiger partial charge in [0.15, 0.2) is 11.0 Å². The zero-order chi connectivity index (χ0) is 28.0. The Labute approximate surface area is 239 Å². The highest BCUT2D eigenvalue weighted by atomic mass is 127. The molecule has 3 rings (SSSR count). The number of nitrogens with one attached hydrogen (secondary N) is 2. The van der Waals surface area contributed by atoms with Crippen LogP contribution in [0, 0.1) is 19.6 Å². The summed E-state index contributed by atoms with van der Waals surface area (Å²) in [5, 5.41) is 26.3. The summed E-state index contributed by atoms with van der Waals surface area (Å²) in [6.07, 6.45) is 0. The highest BCUT2D eigenvalue weighted by Gasteiger charge is 2.27. The molecule has 0 radical (unpaired) electrons. The normalized spacial score (nSPS) is 12.0. The van der Waals surface area contributed by atoms with Crippen LogP contribution >= 0.6 is 34.4 Å². The van der Waals surface area contributed by atoms with E-state index in [2.05, 4.69) is 63.3 Å². The van der Waals surface area contributed by atoms with Gasteiger partial charge in [0.25, 0.3) is 11.6 Å². The monoisotopic (exact) mass is 650 g/mol. The summed E-state index contributed by atoms with van der Waals surface area (Å²) in [7, 11) is 0. The lowest BCUT2D eigenvalue weighted by Crippen LogP contribution is -2.33. The number of nitro groups is 1. The van der Waals surface area contributed by atoms with Crippen molar-refractivity contribution in [3.05, 3.63) is 73.1 Å². The maximum atomic E-state index is 12.9. The number of amides is 2. The number of nitro benzene ring substituents is 1. The predicted octanol–water partition coefficient (Wildman–Crippen LogP) is 5.79. The highest BCUT2D eigenvalue weighted by molar-refractivity contribution is 14.1. The van der Waals surface area contributed by atoms with E-state index in [0.29, 0.717) is 17.5 Å². The Morgan fingerprint density at radius 1 is 1.13 bits per heavy atom. The van der Waals surface area contributed by atoms with Crippen molar-refractivity contribution in [2.24, 2.45) is 5.92 Å². The molecule has 0 aliphatic rings. The van der Waals surface area contributed by atoms with E-state index in [1.165, 1.54) is 36.0 Å². The molecule has 0 bridgehead atoms. The molecule has 0 saturated heterocycles. The first-order chi connectivity index (χ1) is 18.0. The quantitative estimate of drug-likeness (QED) is 0.116. The lowest BCUT2D eigenvalue weighted by Gasteiger charge is -2.22. The number of rotatable bonds is 11. The minimum Gasteiger partial charge on any atom is -0.342 e. The number of carbonyl (C=O) groups excluding carboxylic acids is 2. The molecule has 0 aliphatic heterocycles. The van der Waals surface area contributed by atoms with E-state index in [1.807, 2.05) is 37.5 Å². The van der Waals surface area contributed by atoms with E-state index in [1.54, 1.807) is 0 Å². The van der Waals surface area contributed by atoms with Crippen molar-refractivity contribution in [3.8, 4) is 0 Å². The maximum absolute atomic E-state index is 12.9. The van der Waals surface area contributed by atoms with Gasteiger partial charge in [-0.3, -0.25) is 19.7 Å². The van der Waals surface area contributed by atoms with E-state index < -0.39 is 16.9 Å². The highest BCUT2D eigenvalue weighted by Crippen LogP contribution is 2.28. The van der Waals surface area contributed by atoms with Gasteiger partial charge in [0.1, 0.15) is 0 Å². The second-order valence-corrected chi connectivity index (χ2v) is 11.5. The number of hydrogen-bond donors (Lipinski definition) is 2. The Balaban J connectivity index is 1.74. The molecule has 202 valence electrons. The van der Waals surface area contributed by atoms with Gasteiger partial charge < -0.3 is 15.2 Å². The third kappa shape index (κ3) is 7.31. The average Bonchev–Trinajstić information content (AvgIpc) is 3.29. The number of halogens is 1. The van der Waals surface area contributed by atoms with Crippen LogP contribution in [0.4, 0.5) is 11.4 Å². The SMILES string of the molecule is CCn1c(SCC(=O)Nc2ccc(I)cc2C(C)C)nnc1[C@@H](NC(=O)c1cccc([N+](=O)[O-])c1)C(C)C. The molecule has 0 spiro atoms. The molecule has 2 amide bonds. The summed E-state index contributed by atoms with van der Waals surface area (Å²) in [6, 6.07) is 11.1. The topological polar surface area (TPSA) is 132 Å². The molecule has 2 aromatic carbocycles. The Hall–Kier alpha value is -3.00. The number of carbonyl (C=O) groups is 2. The first-order valence-electron chi connectivity index (χ1n) is 12.2. The van der Waals surface area contributed by atoms with Crippen LogP contribution in [0.15, 0.2) is 47.6 Å². The lowest BCUT2D eigenvalue weighted by molar-refractivity contribution is -0.384. The maximum Gasteiger partial charge on any atom is 0.270 e. The largest absolute Gasteiger partial charge is 0.342 e. The third-order valence-corrected chi connectivity index (χ3v) is 7.49. The molecule has 0 saturated carbocycles. The molecule has 2 N–H and O–H groups in total. The smallest absolute Gasteiger partial charge is 0.270 e. The van der Waals surface area contributed by atoms with E-state index in [4.69, 9.17) is 0 Å². The van der Waals surface area contributed by atoms with Crippen molar-refractivity contribution in [1.82, 2.24) is 20.1 Å². The molecule has 0 fully saturated rings. The van der Waals surface area contributed by atoms with Crippen LogP contribution in [0.3, 0.4) is 0 Å². The predicted molar refractivity (Wildman–Crippen MR) is 156 cm³/mol. The van der Waals surface area contributed by atoms with Gasteiger partial charge in [-0.15, -0.1) is 10.2 Å². The first kappa shape index (κ1) is 29.6. The summed E-state index contributed by atoms with van der Waals surface area (Å²) in [5.74, 6) is 0.347. The van der Waals surface area contributed by atoms with Crippen LogP contribution in [0.25, 0.3) is 0 Å². The zero-order valence-corrected chi connectivity index (χ0v) is 24.9. The summed E-state index contributed by atoms with van der Waals surface area (Å²) < 4.78 is 2.99. The molecule has 3 aromatic rings. The summed E-state index contributed by atoms with van der Waals surface area (Å²) >= 11 is 3.53. The fraction of sp³-hybridized carbons (Fsp3) is 0.385. The minimum atomic E-state index is -0.536. The lowest BCUT2D eigenvalue weighted by atomic mass is 10.0. The van der Waals surface area contributed by atoms with Crippen molar-refractivity contribution in [1.29, 1.82) is 0 Å². The Kier molecular flexibility index (Phi) is 10.3. The molecule has 38 heavy (non-hydrogen) atoms. The summed E-state index contributed by atoms with van der Waals surface area (Å²) in [5.41, 5.74) is 1.91. The van der Waals surface area contributed by atoms with E-state index in [9.17, 15) is 19.7 Å². The van der Waals surface area contributed by atoms with E-state index in [0.717, 1.165) is 14.8 Å². The minimum absolute atomic E-state index is 0.0383. The molecule has 12 heteroatoms. The number of nitrogens with zero attached hydrogens (tertiary/aromatic N) is 4. The zero-order valence-electron chi connectivity index (χ0n) is 21.9. The Bertz CT molecular complexity index is 1330. The van der Waals surface area contributed by atoms with Crippen molar-refractivity contribution in [3.63, 3.8) is 0 Å². The van der Waals surface area contributed by atoms with Gasteiger partial charge in [0, 0.05) is 33.5 Å². The first-order valence-corrected chi connectivity index (χ1v) is 14.3. The Morgan fingerprint density at radius 3 is 2.50 bits per heavy atom. The fourth-order valence-corrected chi connectivity index (χ4v) is 5.21. The van der Waals surface area contributed by atoms with Gasteiger partial charge in [0.2, 0.25) is 5.91 Å². The molecule has 1 aromatic heterocycles. The number of aromatic nitrogens is 3. The summed E-state index contributed by atoms with van der Waals surface area (Å²) in [4.78, 5) is 36.3. The van der Waals surface area contributed by atoms with Crippen LogP contribution < -0.4 is 10.6 Å². The molecule has 1 atom stereocenters. The van der Waals surface area contributed by atoms with Gasteiger partial charge in [-0.05, 0) is 71.2 Å². The number of anilines is 1. The van der Waals surface area contributed by atoms with Gasteiger partial charge in [-0.25, -0.2) is 0 Å². The summed E-state index contributed by atoms with van der Waals surface area (Å²) in [6.45, 7) is 10.5. The van der Waals surface area contributed by atoms with Crippen LogP contribution in [0.1, 0.15) is 68.3 Å². The molecule has 0 aliphatic carbocycles. The van der Waals surface area contributed by atoms with Crippen molar-refractivity contribution in [2.75, 3.05) is 11.1 Å². The second kappa shape index (κ2) is 13.2. The molecule has 10 nitrogen and oxygen atoms in total. The fourth-order valence-electron chi connectivity index (χ4n) is 3.89. The van der Waals surface area contributed by atoms with Gasteiger partial charge in [-0.2, -0.15) is 0 Å². The van der Waals surface area contributed by atoms with Gasteiger partial charge >= 0.3 is 0 Å². The number of hydrogen-bond acceptors (Lipinski definition) is 7. The van der Waals surface area contributed by atoms with E-state index in [-0.39, 0.29) is 34.7 Å². The number of benzene rings is 2. The standard InChI is InChI=1S/C26H31IN6O4S/c1-6-32-24(23(16(4)5)29-25(35)17-8-7-9-19(12-17)33(36)37)30-31-26(32)38-14-22(34)28-21-11-10-18(27)13-20(21)15(2)3/h7-13,15-16,23H,6,14H2,1-5H3,(H,28,34)(H,29,35)/t23-/m0/s1. The molecular formula is C26H31IN6O4S. The van der Waals surface area contributed by atoms with Crippen LogP contribution in [0.2, 0.25) is 0 Å². The molecule has 1 heterocycles. The molecular weight excluding hydrogens is 619 g/mol. The van der Waals surface area contributed by atoms with Crippen LogP contribution in [0.5, 0.6) is 0 Å². The third-order valence-electron chi connectivity index (χ3n) is 5.85. The van der Waals surface area contributed by atoms with E-state index >= 15 is 0 Å². The van der Waals surface area contributed by atoms with Crippen LogP contribution in [-0.4, -0.2) is 37.3 Å². The van der Waals surface area contributed by atoms with Crippen molar-refractivity contribution >= 4 is 57.5 Å². The van der Waals surface area contributed by atoms with Crippen molar-refractivity contribution in [2.45, 2.75) is 58.3 Å². The second-order valence-electron chi connectivity index (χ2n) is 9.31.